The lowest BCUT2D eigenvalue weighted by Gasteiger charge is -2.23. The maximum atomic E-state index is 13.2. The van der Waals surface area contributed by atoms with Crippen LogP contribution in [0.25, 0.3) is 0 Å². The van der Waals surface area contributed by atoms with E-state index in [1.807, 2.05) is 0 Å². The van der Waals surface area contributed by atoms with Crippen molar-refractivity contribution in [3.63, 3.8) is 0 Å². The van der Waals surface area contributed by atoms with Crippen LogP contribution < -0.4 is 4.90 Å². The van der Waals surface area contributed by atoms with Crippen LogP contribution in [0.2, 0.25) is 5.02 Å². The fourth-order valence-electron chi connectivity index (χ4n) is 1.92. The lowest BCUT2D eigenvalue weighted by atomic mass is 10.2. The Morgan fingerprint density at radius 1 is 1.33 bits per heavy atom. The van der Waals surface area contributed by atoms with Crippen LogP contribution in [-0.2, 0) is 11.3 Å². The SMILES string of the molecule is O=C(O)CCN(Cc1cccc(F)c1)c1ccc(Cl)cn1. The summed E-state index contributed by atoms with van der Waals surface area (Å²) in [5, 5.41) is 9.34. The van der Waals surface area contributed by atoms with Gasteiger partial charge in [-0.05, 0) is 29.8 Å². The van der Waals surface area contributed by atoms with Crippen LogP contribution in [-0.4, -0.2) is 22.6 Å². The van der Waals surface area contributed by atoms with Gasteiger partial charge in [0.2, 0.25) is 0 Å². The zero-order valence-electron chi connectivity index (χ0n) is 11.2. The number of benzene rings is 1. The van der Waals surface area contributed by atoms with Crippen molar-refractivity contribution < 1.29 is 14.3 Å². The highest BCUT2D eigenvalue weighted by atomic mass is 35.5. The summed E-state index contributed by atoms with van der Waals surface area (Å²) in [6, 6.07) is 9.59. The minimum atomic E-state index is -0.895. The van der Waals surface area contributed by atoms with Crippen molar-refractivity contribution >= 4 is 23.4 Å². The quantitative estimate of drug-likeness (QED) is 0.889. The van der Waals surface area contributed by atoms with Gasteiger partial charge in [-0.15, -0.1) is 0 Å². The van der Waals surface area contributed by atoms with Gasteiger partial charge in [-0.25, -0.2) is 9.37 Å². The summed E-state index contributed by atoms with van der Waals surface area (Å²) >= 11 is 5.80. The lowest BCUT2D eigenvalue weighted by molar-refractivity contribution is -0.136. The van der Waals surface area contributed by atoms with Crippen molar-refractivity contribution in [1.29, 1.82) is 0 Å². The molecule has 0 fully saturated rings. The molecule has 2 aromatic rings. The molecule has 1 aromatic heterocycles. The van der Waals surface area contributed by atoms with Crippen molar-refractivity contribution in [2.75, 3.05) is 11.4 Å². The highest BCUT2D eigenvalue weighted by Crippen LogP contribution is 2.18. The molecular formula is C15H14ClFN2O2. The average Bonchev–Trinajstić information content (AvgIpc) is 2.44. The van der Waals surface area contributed by atoms with Crippen LogP contribution >= 0.6 is 11.6 Å². The average molecular weight is 309 g/mol. The molecule has 1 heterocycles. The smallest absolute Gasteiger partial charge is 0.305 e. The van der Waals surface area contributed by atoms with E-state index in [4.69, 9.17) is 16.7 Å². The molecule has 0 saturated heterocycles. The number of hydrogen-bond acceptors (Lipinski definition) is 3. The number of carbonyl (C=O) groups is 1. The molecule has 4 nitrogen and oxygen atoms in total. The zero-order valence-corrected chi connectivity index (χ0v) is 11.9. The van der Waals surface area contributed by atoms with Gasteiger partial charge in [0, 0.05) is 19.3 Å². The highest BCUT2D eigenvalue weighted by molar-refractivity contribution is 6.30. The summed E-state index contributed by atoms with van der Waals surface area (Å²) in [6.45, 7) is 0.653. The summed E-state index contributed by atoms with van der Waals surface area (Å²) in [7, 11) is 0. The van der Waals surface area contributed by atoms with Crippen LogP contribution in [0.1, 0.15) is 12.0 Å². The Labute approximate surface area is 126 Å². The van der Waals surface area contributed by atoms with E-state index in [1.54, 1.807) is 29.2 Å². The molecule has 0 bridgehead atoms. The Bertz CT molecular complexity index is 619. The summed E-state index contributed by atoms with van der Waals surface area (Å²) in [6.07, 6.45) is 1.47. The molecule has 0 spiro atoms. The van der Waals surface area contributed by atoms with Crippen molar-refractivity contribution in [2.45, 2.75) is 13.0 Å². The van der Waals surface area contributed by atoms with Gasteiger partial charge in [-0.1, -0.05) is 23.7 Å². The van der Waals surface area contributed by atoms with Crippen molar-refractivity contribution in [1.82, 2.24) is 4.98 Å². The zero-order chi connectivity index (χ0) is 15.2. The number of rotatable bonds is 6. The number of anilines is 1. The number of carboxylic acids is 1. The molecule has 0 aliphatic carbocycles. The Kier molecular flexibility index (Phi) is 5.11. The van der Waals surface area contributed by atoms with E-state index in [-0.39, 0.29) is 18.8 Å². The molecule has 21 heavy (non-hydrogen) atoms. The lowest BCUT2D eigenvalue weighted by Crippen LogP contribution is -2.26. The topological polar surface area (TPSA) is 53.4 Å². The second-order valence-electron chi connectivity index (χ2n) is 4.53. The van der Waals surface area contributed by atoms with Crippen molar-refractivity contribution in [3.05, 3.63) is 59.0 Å². The first-order chi connectivity index (χ1) is 10.0. The summed E-state index contributed by atoms with van der Waals surface area (Å²) in [5.41, 5.74) is 0.747. The first kappa shape index (κ1) is 15.3. The highest BCUT2D eigenvalue weighted by Gasteiger charge is 2.11. The number of aromatic nitrogens is 1. The van der Waals surface area contributed by atoms with Gasteiger partial charge in [0.25, 0.3) is 0 Å². The van der Waals surface area contributed by atoms with E-state index in [0.717, 1.165) is 5.56 Å². The molecule has 1 N–H and O–H groups in total. The van der Waals surface area contributed by atoms with Gasteiger partial charge < -0.3 is 10.0 Å². The molecule has 0 atom stereocenters. The Balaban J connectivity index is 2.19. The molecule has 0 radical (unpaired) electrons. The number of hydrogen-bond donors (Lipinski definition) is 1. The van der Waals surface area contributed by atoms with E-state index in [9.17, 15) is 9.18 Å². The minimum Gasteiger partial charge on any atom is -0.481 e. The second-order valence-corrected chi connectivity index (χ2v) is 4.97. The summed E-state index contributed by atoms with van der Waals surface area (Å²) in [5.74, 6) is -0.618. The Morgan fingerprint density at radius 3 is 2.76 bits per heavy atom. The number of aliphatic carboxylic acids is 1. The maximum absolute atomic E-state index is 13.2. The van der Waals surface area contributed by atoms with Gasteiger partial charge in [-0.2, -0.15) is 0 Å². The standard InChI is InChI=1S/C15H14ClFN2O2/c16-12-4-5-14(18-9-12)19(7-6-15(20)21)10-11-2-1-3-13(17)8-11/h1-5,8-9H,6-7,10H2,(H,20,21). The molecule has 0 unspecified atom stereocenters. The molecular weight excluding hydrogens is 295 g/mol. The molecule has 1 aromatic carbocycles. The van der Waals surface area contributed by atoms with E-state index in [1.165, 1.54) is 18.3 Å². The van der Waals surface area contributed by atoms with Gasteiger partial charge in [0.05, 0.1) is 11.4 Å². The van der Waals surface area contributed by atoms with E-state index in [2.05, 4.69) is 4.98 Å². The predicted octanol–water partition coefficient (Wildman–Crippen LogP) is 3.36. The van der Waals surface area contributed by atoms with Gasteiger partial charge in [-0.3, -0.25) is 4.79 Å². The van der Waals surface area contributed by atoms with Crippen LogP contribution in [0.15, 0.2) is 42.6 Å². The number of carboxylic acid groups (broad SMARTS) is 1. The Morgan fingerprint density at radius 2 is 2.14 bits per heavy atom. The number of nitrogens with zero attached hydrogens (tertiary/aromatic N) is 2. The molecule has 0 aliphatic rings. The first-order valence-corrected chi connectivity index (χ1v) is 6.75. The van der Waals surface area contributed by atoms with Gasteiger partial charge in [0.1, 0.15) is 11.6 Å². The van der Waals surface area contributed by atoms with Crippen LogP contribution in [0.3, 0.4) is 0 Å². The van der Waals surface area contributed by atoms with E-state index < -0.39 is 5.97 Å². The van der Waals surface area contributed by atoms with E-state index in [0.29, 0.717) is 17.4 Å². The van der Waals surface area contributed by atoms with Gasteiger partial charge in [0.15, 0.2) is 0 Å². The molecule has 2 rings (SSSR count). The third-order valence-corrected chi connectivity index (χ3v) is 3.12. The molecule has 110 valence electrons. The first-order valence-electron chi connectivity index (χ1n) is 6.37. The summed E-state index contributed by atoms with van der Waals surface area (Å²) < 4.78 is 13.2. The van der Waals surface area contributed by atoms with E-state index >= 15 is 0 Å². The van der Waals surface area contributed by atoms with Crippen LogP contribution in [0.5, 0.6) is 0 Å². The van der Waals surface area contributed by atoms with Crippen LogP contribution in [0, 0.1) is 5.82 Å². The fraction of sp³-hybridized carbons (Fsp3) is 0.200. The van der Waals surface area contributed by atoms with Crippen LogP contribution in [0.4, 0.5) is 10.2 Å². The molecule has 0 saturated carbocycles. The number of pyridine rings is 1. The largest absolute Gasteiger partial charge is 0.481 e. The molecule has 0 amide bonds. The monoisotopic (exact) mass is 308 g/mol. The molecule has 0 aliphatic heterocycles. The normalized spacial score (nSPS) is 10.4. The third-order valence-electron chi connectivity index (χ3n) is 2.89. The maximum Gasteiger partial charge on any atom is 0.305 e. The second kappa shape index (κ2) is 7.04. The third kappa shape index (κ3) is 4.72. The van der Waals surface area contributed by atoms with Crippen molar-refractivity contribution in [3.8, 4) is 0 Å². The molecule has 6 heteroatoms. The van der Waals surface area contributed by atoms with Gasteiger partial charge >= 0.3 is 5.97 Å². The fourth-order valence-corrected chi connectivity index (χ4v) is 2.03. The van der Waals surface area contributed by atoms with Crippen molar-refractivity contribution in [2.24, 2.45) is 0 Å². The summed E-state index contributed by atoms with van der Waals surface area (Å²) in [4.78, 5) is 16.7. The minimum absolute atomic E-state index is 0.0282. The number of halogens is 2. The Hall–Kier alpha value is -2.14. The predicted molar refractivity (Wildman–Crippen MR) is 78.9 cm³/mol.